The largest absolute Gasteiger partial charge is 0.389 e. The van der Waals surface area contributed by atoms with Gasteiger partial charge in [-0.15, -0.1) is 0 Å². The minimum atomic E-state index is -0.382. The van der Waals surface area contributed by atoms with Crippen LogP contribution in [0.4, 0.5) is 0 Å². The molecule has 0 spiro atoms. The summed E-state index contributed by atoms with van der Waals surface area (Å²) in [5.74, 6) is 2.25. The van der Waals surface area contributed by atoms with Gasteiger partial charge >= 0.3 is 0 Å². The maximum absolute atomic E-state index is 11.2. The Morgan fingerprint density at radius 1 is 1.24 bits per heavy atom. The van der Waals surface area contributed by atoms with Crippen molar-refractivity contribution in [2.45, 2.75) is 30.9 Å². The van der Waals surface area contributed by atoms with E-state index in [1.54, 1.807) is 0 Å². The van der Waals surface area contributed by atoms with E-state index in [1.165, 1.54) is 36.1 Å². The Bertz CT molecular complexity index is 757. The summed E-state index contributed by atoms with van der Waals surface area (Å²) in [5, 5.41) is 11.2. The highest BCUT2D eigenvalue weighted by Crippen LogP contribution is 2.74. The molecule has 3 heteroatoms. The van der Waals surface area contributed by atoms with E-state index in [2.05, 4.69) is 33.8 Å². The number of imidazole rings is 1. The van der Waals surface area contributed by atoms with Crippen LogP contribution in [0.3, 0.4) is 0 Å². The van der Waals surface area contributed by atoms with Gasteiger partial charge in [-0.25, -0.2) is 4.98 Å². The molecule has 0 amide bonds. The van der Waals surface area contributed by atoms with Gasteiger partial charge in [-0.05, 0) is 42.6 Å². The molecule has 3 nitrogen and oxygen atoms in total. The third-order valence-electron chi connectivity index (χ3n) is 7.01. The van der Waals surface area contributed by atoms with E-state index in [4.69, 9.17) is 0 Å². The third kappa shape index (κ3) is 0.997. The van der Waals surface area contributed by atoms with Crippen molar-refractivity contribution in [1.29, 1.82) is 0 Å². The fourth-order valence-corrected chi connectivity index (χ4v) is 6.19. The fourth-order valence-electron chi connectivity index (χ4n) is 6.19. The smallest absolute Gasteiger partial charge is 0.0956 e. The number of rotatable bonds is 1. The van der Waals surface area contributed by atoms with E-state index >= 15 is 0 Å². The van der Waals surface area contributed by atoms with Gasteiger partial charge in [0.05, 0.1) is 29.9 Å². The van der Waals surface area contributed by atoms with Crippen LogP contribution in [0.2, 0.25) is 0 Å². The molecule has 1 aromatic heterocycles. The highest BCUT2D eigenvalue weighted by Gasteiger charge is 2.75. The molecule has 7 rings (SSSR count). The predicted octanol–water partition coefficient (Wildman–Crippen LogP) is 2.86. The second-order valence-electron chi connectivity index (χ2n) is 7.41. The number of fused-ring (bicyclic) bond motifs is 4. The number of aromatic nitrogens is 2. The van der Waals surface area contributed by atoms with Gasteiger partial charge in [0.1, 0.15) is 0 Å². The Morgan fingerprint density at radius 2 is 2.14 bits per heavy atom. The van der Waals surface area contributed by atoms with Gasteiger partial charge in [-0.1, -0.05) is 24.3 Å². The molecule has 0 radical (unpaired) electrons. The van der Waals surface area contributed by atoms with Crippen molar-refractivity contribution in [3.63, 3.8) is 0 Å². The normalized spacial score (nSPS) is 44.5. The van der Waals surface area contributed by atoms with E-state index in [0.29, 0.717) is 29.7 Å². The number of aliphatic hydroxyl groups is 1. The second-order valence-corrected chi connectivity index (χ2v) is 7.41. The zero-order chi connectivity index (χ0) is 13.8. The first-order chi connectivity index (χ1) is 10.3. The average molecular weight is 278 g/mol. The van der Waals surface area contributed by atoms with Crippen LogP contribution >= 0.6 is 0 Å². The summed E-state index contributed by atoms with van der Waals surface area (Å²) >= 11 is 0. The van der Waals surface area contributed by atoms with E-state index in [-0.39, 0.29) is 5.60 Å². The maximum Gasteiger partial charge on any atom is 0.0956 e. The molecule has 21 heavy (non-hydrogen) atoms. The number of benzene rings is 1. The van der Waals surface area contributed by atoms with Crippen molar-refractivity contribution in [3.8, 4) is 11.3 Å². The monoisotopic (exact) mass is 278 g/mol. The maximum atomic E-state index is 11.2. The van der Waals surface area contributed by atoms with Crippen LogP contribution < -0.4 is 0 Å². The fraction of sp³-hybridized carbons (Fsp3) is 0.500. The van der Waals surface area contributed by atoms with Crippen LogP contribution in [0, 0.1) is 23.7 Å². The second kappa shape index (κ2) is 3.25. The Morgan fingerprint density at radius 3 is 2.95 bits per heavy atom. The SMILES string of the molecule is O[C@@]12C3CCC(C1C3)[C@@H]2[C@H]1c2ccccc2-c2cncn21. The summed E-state index contributed by atoms with van der Waals surface area (Å²) in [4.78, 5) is 4.36. The van der Waals surface area contributed by atoms with Crippen LogP contribution in [0.15, 0.2) is 36.8 Å². The summed E-state index contributed by atoms with van der Waals surface area (Å²) in [7, 11) is 0. The Kier molecular flexibility index (Phi) is 1.70. The van der Waals surface area contributed by atoms with Crippen LogP contribution in [-0.2, 0) is 0 Å². The first kappa shape index (κ1) is 11.0. The van der Waals surface area contributed by atoms with Crippen molar-refractivity contribution in [1.82, 2.24) is 9.55 Å². The van der Waals surface area contributed by atoms with Crippen LogP contribution in [-0.4, -0.2) is 20.3 Å². The van der Waals surface area contributed by atoms with Crippen LogP contribution in [0.5, 0.6) is 0 Å². The molecule has 2 heterocycles. The molecule has 1 aromatic carbocycles. The Labute approximate surface area is 123 Å². The molecule has 1 N–H and O–H groups in total. The molecule has 5 aliphatic rings. The van der Waals surface area contributed by atoms with Crippen molar-refractivity contribution in [2.24, 2.45) is 23.7 Å². The molecular formula is C18H18N2O. The van der Waals surface area contributed by atoms with E-state index in [9.17, 15) is 5.11 Å². The van der Waals surface area contributed by atoms with Gasteiger partial charge < -0.3 is 9.67 Å². The first-order valence-corrected chi connectivity index (χ1v) is 8.13. The summed E-state index contributed by atoms with van der Waals surface area (Å²) in [6, 6.07) is 8.98. The Balaban J connectivity index is 1.55. The topological polar surface area (TPSA) is 38.1 Å². The minimum absolute atomic E-state index is 0.299. The quantitative estimate of drug-likeness (QED) is 0.871. The average Bonchev–Trinajstić information content (AvgIpc) is 3.10. The van der Waals surface area contributed by atoms with Gasteiger partial charge in [0.2, 0.25) is 0 Å². The van der Waals surface area contributed by atoms with Crippen molar-refractivity contribution >= 4 is 0 Å². The minimum Gasteiger partial charge on any atom is -0.389 e. The van der Waals surface area contributed by atoms with E-state index in [1.807, 2.05) is 12.5 Å². The van der Waals surface area contributed by atoms with Crippen molar-refractivity contribution in [3.05, 3.63) is 42.4 Å². The molecule has 4 saturated carbocycles. The molecule has 4 fully saturated rings. The zero-order valence-electron chi connectivity index (χ0n) is 11.8. The van der Waals surface area contributed by atoms with Crippen LogP contribution in [0.25, 0.3) is 11.3 Å². The van der Waals surface area contributed by atoms with E-state index < -0.39 is 0 Å². The summed E-state index contributed by atoms with van der Waals surface area (Å²) in [6.07, 6.45) is 7.74. The Hall–Kier alpha value is -1.61. The molecule has 4 aliphatic carbocycles. The lowest BCUT2D eigenvalue weighted by molar-refractivity contribution is -0.336. The number of nitrogens with zero attached hydrogens (tertiary/aromatic N) is 2. The lowest BCUT2D eigenvalue weighted by Crippen LogP contribution is -2.78. The lowest BCUT2D eigenvalue weighted by atomic mass is 9.32. The molecule has 1 aliphatic heterocycles. The molecule has 0 saturated heterocycles. The standard InChI is InChI=1S/C18H18N2O/c21-18-10-5-6-13(14(18)7-10)16(18)17-12-4-2-1-3-11(12)15-8-19-9-20(15)17/h1-4,8-10,13-14,16-17,21H,5-7H2/t10?,13?,14?,16-,17-,18+/m1/s1. The molecular weight excluding hydrogens is 260 g/mol. The van der Waals surface area contributed by atoms with Gasteiger partial charge in [0.25, 0.3) is 0 Å². The highest BCUT2D eigenvalue weighted by atomic mass is 16.3. The van der Waals surface area contributed by atoms with Crippen molar-refractivity contribution < 1.29 is 5.11 Å². The van der Waals surface area contributed by atoms with Gasteiger partial charge in [-0.3, -0.25) is 0 Å². The highest BCUT2D eigenvalue weighted by molar-refractivity contribution is 5.69. The van der Waals surface area contributed by atoms with Gasteiger partial charge in [-0.2, -0.15) is 0 Å². The lowest BCUT2D eigenvalue weighted by Gasteiger charge is -2.75. The number of hydrogen-bond donors (Lipinski definition) is 1. The molecule has 6 atom stereocenters. The van der Waals surface area contributed by atoms with Gasteiger partial charge in [0.15, 0.2) is 0 Å². The summed E-state index contributed by atoms with van der Waals surface area (Å²) in [5.41, 5.74) is 3.54. The molecule has 106 valence electrons. The zero-order valence-corrected chi connectivity index (χ0v) is 11.8. The molecule has 2 aromatic rings. The van der Waals surface area contributed by atoms with Crippen LogP contribution in [0.1, 0.15) is 30.9 Å². The van der Waals surface area contributed by atoms with E-state index in [0.717, 1.165) is 0 Å². The summed E-state index contributed by atoms with van der Waals surface area (Å²) in [6.45, 7) is 0. The molecule has 3 unspecified atom stereocenters. The number of hydrogen-bond acceptors (Lipinski definition) is 2. The van der Waals surface area contributed by atoms with Crippen molar-refractivity contribution in [2.75, 3.05) is 0 Å². The van der Waals surface area contributed by atoms with Gasteiger partial charge in [0, 0.05) is 11.5 Å². The molecule has 4 bridgehead atoms. The third-order valence-corrected chi connectivity index (χ3v) is 7.01. The first-order valence-electron chi connectivity index (χ1n) is 8.13. The predicted molar refractivity (Wildman–Crippen MR) is 78.6 cm³/mol. The summed E-state index contributed by atoms with van der Waals surface area (Å²) < 4.78 is 2.32.